The number of benzene rings is 2. The molecule has 0 fully saturated rings. The number of hydrogen-bond acceptors (Lipinski definition) is 1. The van der Waals surface area contributed by atoms with Crippen LogP contribution in [0.3, 0.4) is 0 Å². The van der Waals surface area contributed by atoms with Crippen molar-refractivity contribution in [3.05, 3.63) is 75.5 Å². The number of carbonyl (C=O) groups excluding carboxylic acids is 1. The van der Waals surface area contributed by atoms with Gasteiger partial charge >= 0.3 is 0 Å². The highest BCUT2D eigenvalue weighted by atomic mass is 35.5. The molecule has 0 aromatic heterocycles. The molecule has 5 heteroatoms. The molecule has 0 heterocycles. The largest absolute Gasteiger partial charge is 0.352 e. The molecule has 0 radical (unpaired) electrons. The lowest BCUT2D eigenvalue weighted by atomic mass is 10.1. The molecule has 2 aromatic rings. The molecule has 2 aromatic carbocycles. The second-order valence-corrected chi connectivity index (χ2v) is 5.48. The molecule has 0 spiro atoms. The predicted molar refractivity (Wildman–Crippen MR) is 88.6 cm³/mol. The summed E-state index contributed by atoms with van der Waals surface area (Å²) >= 11 is 11.8. The van der Waals surface area contributed by atoms with Crippen molar-refractivity contribution < 1.29 is 9.18 Å². The maximum Gasteiger partial charge on any atom is 0.244 e. The lowest BCUT2D eigenvalue weighted by Gasteiger charge is -2.03. The standard InChI is InChI=1S/C17H14Cl2FNO/c18-13-4-1-3-12(11-13)9-10-21-17(22)8-7-14-15(19)5-2-6-16(14)20/h1-8,11H,9-10H2,(H,21,22)/b8-7+. The molecular weight excluding hydrogens is 324 g/mol. The minimum atomic E-state index is -0.463. The minimum Gasteiger partial charge on any atom is -0.352 e. The van der Waals surface area contributed by atoms with Gasteiger partial charge in [0.25, 0.3) is 0 Å². The van der Waals surface area contributed by atoms with E-state index in [2.05, 4.69) is 5.32 Å². The van der Waals surface area contributed by atoms with Crippen molar-refractivity contribution in [2.24, 2.45) is 0 Å². The summed E-state index contributed by atoms with van der Waals surface area (Å²) in [6, 6.07) is 11.8. The summed E-state index contributed by atoms with van der Waals surface area (Å²) in [7, 11) is 0. The molecule has 1 N–H and O–H groups in total. The Morgan fingerprint density at radius 1 is 1.18 bits per heavy atom. The van der Waals surface area contributed by atoms with Gasteiger partial charge in [0, 0.05) is 23.2 Å². The molecule has 0 saturated carbocycles. The maximum atomic E-state index is 13.5. The van der Waals surface area contributed by atoms with Crippen LogP contribution in [0.4, 0.5) is 4.39 Å². The Kier molecular flexibility index (Phi) is 5.99. The first-order valence-corrected chi connectivity index (χ1v) is 7.46. The molecule has 0 aliphatic rings. The summed E-state index contributed by atoms with van der Waals surface area (Å²) in [6.45, 7) is 0.467. The van der Waals surface area contributed by atoms with Crippen molar-refractivity contribution in [2.45, 2.75) is 6.42 Å². The zero-order chi connectivity index (χ0) is 15.9. The Hall–Kier alpha value is -1.84. The molecule has 22 heavy (non-hydrogen) atoms. The molecule has 114 valence electrons. The topological polar surface area (TPSA) is 29.1 Å². The number of halogens is 3. The van der Waals surface area contributed by atoms with E-state index in [1.165, 1.54) is 24.3 Å². The Morgan fingerprint density at radius 2 is 1.95 bits per heavy atom. The average Bonchev–Trinajstić information content (AvgIpc) is 2.47. The van der Waals surface area contributed by atoms with E-state index in [1.54, 1.807) is 12.1 Å². The third-order valence-corrected chi connectivity index (χ3v) is 3.57. The van der Waals surface area contributed by atoms with Crippen molar-refractivity contribution in [3.8, 4) is 0 Å². The van der Waals surface area contributed by atoms with Crippen molar-refractivity contribution in [2.75, 3.05) is 6.54 Å². The first-order chi connectivity index (χ1) is 10.6. The van der Waals surface area contributed by atoms with Gasteiger partial charge in [-0.2, -0.15) is 0 Å². The van der Waals surface area contributed by atoms with Gasteiger partial charge in [-0.15, -0.1) is 0 Å². The smallest absolute Gasteiger partial charge is 0.244 e. The highest BCUT2D eigenvalue weighted by Crippen LogP contribution is 2.20. The Balaban J connectivity index is 1.87. The van der Waals surface area contributed by atoms with E-state index >= 15 is 0 Å². The molecule has 2 nitrogen and oxygen atoms in total. The Labute approximate surface area is 138 Å². The number of carbonyl (C=O) groups is 1. The van der Waals surface area contributed by atoms with Crippen LogP contribution in [-0.2, 0) is 11.2 Å². The van der Waals surface area contributed by atoms with Gasteiger partial charge in [-0.05, 0) is 42.3 Å². The lowest BCUT2D eigenvalue weighted by Crippen LogP contribution is -2.23. The summed E-state index contributed by atoms with van der Waals surface area (Å²) in [6.07, 6.45) is 3.30. The summed E-state index contributed by atoms with van der Waals surface area (Å²) in [5.41, 5.74) is 1.24. The van der Waals surface area contributed by atoms with Gasteiger partial charge in [0.2, 0.25) is 5.91 Å². The van der Waals surface area contributed by atoms with E-state index in [4.69, 9.17) is 23.2 Å². The highest BCUT2D eigenvalue weighted by molar-refractivity contribution is 6.32. The van der Waals surface area contributed by atoms with E-state index in [0.29, 0.717) is 18.0 Å². The summed E-state index contributed by atoms with van der Waals surface area (Å²) in [4.78, 5) is 11.7. The fourth-order valence-corrected chi connectivity index (χ4v) is 2.35. The molecule has 0 aliphatic carbocycles. The van der Waals surface area contributed by atoms with Crippen LogP contribution in [0.25, 0.3) is 6.08 Å². The Bertz CT molecular complexity index is 681. The molecule has 0 bridgehead atoms. The molecule has 0 atom stereocenters. The number of nitrogens with one attached hydrogen (secondary N) is 1. The monoisotopic (exact) mass is 337 g/mol. The van der Waals surface area contributed by atoms with Gasteiger partial charge in [0.1, 0.15) is 5.82 Å². The first-order valence-electron chi connectivity index (χ1n) is 6.70. The van der Waals surface area contributed by atoms with E-state index in [-0.39, 0.29) is 16.5 Å². The average molecular weight is 338 g/mol. The van der Waals surface area contributed by atoms with Gasteiger partial charge in [-0.1, -0.05) is 41.4 Å². The van der Waals surface area contributed by atoms with E-state index < -0.39 is 5.82 Å². The van der Waals surface area contributed by atoms with Crippen molar-refractivity contribution >= 4 is 35.2 Å². The zero-order valence-corrected chi connectivity index (χ0v) is 13.2. The number of hydrogen-bond donors (Lipinski definition) is 1. The molecule has 0 unspecified atom stereocenters. The molecule has 2 rings (SSSR count). The van der Waals surface area contributed by atoms with Crippen LogP contribution in [0, 0.1) is 5.82 Å². The van der Waals surface area contributed by atoms with Crippen molar-refractivity contribution in [3.63, 3.8) is 0 Å². The van der Waals surface area contributed by atoms with Gasteiger partial charge in [-0.25, -0.2) is 4.39 Å². The highest BCUT2D eigenvalue weighted by Gasteiger charge is 2.04. The van der Waals surface area contributed by atoms with Crippen LogP contribution in [-0.4, -0.2) is 12.5 Å². The van der Waals surface area contributed by atoms with Crippen molar-refractivity contribution in [1.82, 2.24) is 5.32 Å². The van der Waals surface area contributed by atoms with Gasteiger partial charge < -0.3 is 5.32 Å². The number of rotatable bonds is 5. The van der Waals surface area contributed by atoms with Crippen LogP contribution in [0.5, 0.6) is 0 Å². The second kappa shape index (κ2) is 7.97. The fourth-order valence-electron chi connectivity index (χ4n) is 1.91. The summed E-state index contributed by atoms with van der Waals surface area (Å²) < 4.78 is 13.5. The number of amides is 1. The maximum absolute atomic E-state index is 13.5. The SMILES string of the molecule is O=C(/C=C/c1c(F)cccc1Cl)NCCc1cccc(Cl)c1. The van der Waals surface area contributed by atoms with Crippen molar-refractivity contribution in [1.29, 1.82) is 0 Å². The molecule has 0 aliphatic heterocycles. The van der Waals surface area contributed by atoms with Gasteiger partial charge in [-0.3, -0.25) is 4.79 Å². The molecule has 1 amide bonds. The molecule has 0 saturated heterocycles. The Morgan fingerprint density at radius 3 is 2.68 bits per heavy atom. The summed E-state index contributed by atoms with van der Waals surface area (Å²) in [5.74, 6) is -0.767. The van der Waals surface area contributed by atoms with Crippen LogP contribution >= 0.6 is 23.2 Å². The minimum absolute atomic E-state index is 0.203. The predicted octanol–water partition coefficient (Wildman–Crippen LogP) is 4.50. The van der Waals surface area contributed by atoms with E-state index in [1.807, 2.05) is 18.2 Å². The normalized spacial score (nSPS) is 10.9. The second-order valence-electron chi connectivity index (χ2n) is 4.64. The van der Waals surface area contributed by atoms with Crippen LogP contribution < -0.4 is 5.32 Å². The van der Waals surface area contributed by atoms with E-state index in [9.17, 15) is 9.18 Å². The first kappa shape index (κ1) is 16.5. The van der Waals surface area contributed by atoms with Gasteiger partial charge in [0.15, 0.2) is 0 Å². The quantitative estimate of drug-likeness (QED) is 0.799. The van der Waals surface area contributed by atoms with E-state index in [0.717, 1.165) is 5.56 Å². The molecular formula is C17H14Cl2FNO. The van der Waals surface area contributed by atoms with Crippen LogP contribution in [0.2, 0.25) is 10.0 Å². The fraction of sp³-hybridized carbons (Fsp3) is 0.118. The third kappa shape index (κ3) is 4.86. The van der Waals surface area contributed by atoms with Gasteiger partial charge in [0.05, 0.1) is 5.02 Å². The zero-order valence-electron chi connectivity index (χ0n) is 11.7. The third-order valence-electron chi connectivity index (χ3n) is 3.00. The summed E-state index contributed by atoms with van der Waals surface area (Å²) in [5, 5.41) is 3.66. The van der Waals surface area contributed by atoms with Crippen LogP contribution in [0.15, 0.2) is 48.5 Å². The lowest BCUT2D eigenvalue weighted by molar-refractivity contribution is -0.116. The van der Waals surface area contributed by atoms with Crippen LogP contribution in [0.1, 0.15) is 11.1 Å².